The fourth-order valence-corrected chi connectivity index (χ4v) is 2.89. The highest BCUT2D eigenvalue weighted by atomic mass is 16.5. The maximum absolute atomic E-state index is 12.3. The molecule has 1 unspecified atom stereocenters. The van der Waals surface area contributed by atoms with Crippen molar-refractivity contribution >= 4 is 5.91 Å². The van der Waals surface area contributed by atoms with Gasteiger partial charge in [0.1, 0.15) is 11.3 Å². The van der Waals surface area contributed by atoms with Crippen LogP contribution < -0.4 is 5.32 Å². The summed E-state index contributed by atoms with van der Waals surface area (Å²) < 4.78 is 10.9. The van der Waals surface area contributed by atoms with Gasteiger partial charge in [-0.05, 0) is 33.2 Å². The van der Waals surface area contributed by atoms with E-state index < -0.39 is 5.54 Å². The summed E-state index contributed by atoms with van der Waals surface area (Å²) in [7, 11) is 3.29. The molecular formula is C14H23N3O3. The molecule has 1 aliphatic heterocycles. The van der Waals surface area contributed by atoms with Crippen LogP contribution in [0.1, 0.15) is 30.2 Å². The Morgan fingerprint density at radius 3 is 2.85 bits per heavy atom. The summed E-state index contributed by atoms with van der Waals surface area (Å²) in [5, 5.41) is 2.75. The molecule has 0 aromatic carbocycles. The highest BCUT2D eigenvalue weighted by molar-refractivity contribution is 5.86. The first-order valence-corrected chi connectivity index (χ1v) is 6.92. The molecule has 1 amide bonds. The molecule has 112 valence electrons. The van der Waals surface area contributed by atoms with Crippen molar-refractivity contribution in [3.05, 3.63) is 17.3 Å². The molecule has 0 bridgehead atoms. The molecule has 0 aliphatic carbocycles. The van der Waals surface area contributed by atoms with Gasteiger partial charge >= 0.3 is 0 Å². The number of nitrogens with zero attached hydrogens (tertiary/aromatic N) is 2. The predicted molar refractivity (Wildman–Crippen MR) is 74.3 cm³/mol. The van der Waals surface area contributed by atoms with Gasteiger partial charge in [0.2, 0.25) is 11.8 Å². The van der Waals surface area contributed by atoms with Crippen LogP contribution in [-0.4, -0.2) is 48.6 Å². The second kappa shape index (κ2) is 5.93. The van der Waals surface area contributed by atoms with E-state index in [-0.39, 0.29) is 5.91 Å². The molecule has 6 heteroatoms. The highest BCUT2D eigenvalue weighted by Crippen LogP contribution is 2.31. The molecule has 0 radical (unpaired) electrons. The molecule has 2 rings (SSSR count). The Balaban J connectivity index is 2.21. The van der Waals surface area contributed by atoms with Crippen LogP contribution in [0.2, 0.25) is 0 Å². The van der Waals surface area contributed by atoms with Gasteiger partial charge in [-0.1, -0.05) is 0 Å². The van der Waals surface area contributed by atoms with Gasteiger partial charge in [-0.25, -0.2) is 4.98 Å². The zero-order valence-electron chi connectivity index (χ0n) is 12.7. The molecular weight excluding hydrogens is 258 g/mol. The number of rotatable bonds is 5. The van der Waals surface area contributed by atoms with Crippen molar-refractivity contribution in [2.75, 3.05) is 27.3 Å². The van der Waals surface area contributed by atoms with Crippen LogP contribution in [0.5, 0.6) is 0 Å². The zero-order chi connectivity index (χ0) is 14.8. The SMILES string of the molecule is CNC(=O)C1(COC)CCCN1Cc1nc(C)c(C)o1. The molecule has 1 saturated heterocycles. The molecule has 1 aliphatic rings. The summed E-state index contributed by atoms with van der Waals surface area (Å²) >= 11 is 0. The summed E-state index contributed by atoms with van der Waals surface area (Å²) in [5.41, 5.74) is 0.288. The molecule has 1 aromatic rings. The van der Waals surface area contributed by atoms with E-state index in [1.165, 1.54) is 0 Å². The van der Waals surface area contributed by atoms with E-state index in [0.29, 0.717) is 19.0 Å². The lowest BCUT2D eigenvalue weighted by molar-refractivity contribution is -0.135. The van der Waals surface area contributed by atoms with Gasteiger partial charge in [0.15, 0.2) is 0 Å². The molecule has 0 saturated carbocycles. The van der Waals surface area contributed by atoms with Crippen LogP contribution in [0, 0.1) is 13.8 Å². The summed E-state index contributed by atoms with van der Waals surface area (Å²) in [6, 6.07) is 0. The van der Waals surface area contributed by atoms with Gasteiger partial charge in [-0.2, -0.15) is 0 Å². The Hall–Kier alpha value is -1.40. The number of aromatic nitrogens is 1. The summed E-state index contributed by atoms with van der Waals surface area (Å²) in [5.74, 6) is 1.49. The van der Waals surface area contributed by atoms with Crippen LogP contribution in [0.3, 0.4) is 0 Å². The minimum absolute atomic E-state index is 0.00292. The average molecular weight is 281 g/mol. The number of amides is 1. The van der Waals surface area contributed by atoms with Gasteiger partial charge in [0.05, 0.1) is 18.8 Å². The number of hydrogen-bond donors (Lipinski definition) is 1. The van der Waals surface area contributed by atoms with Crippen LogP contribution in [0.4, 0.5) is 0 Å². The van der Waals surface area contributed by atoms with Gasteiger partial charge in [0, 0.05) is 14.2 Å². The first-order valence-electron chi connectivity index (χ1n) is 6.92. The zero-order valence-corrected chi connectivity index (χ0v) is 12.7. The van der Waals surface area contributed by atoms with Crippen molar-refractivity contribution in [1.82, 2.24) is 15.2 Å². The largest absolute Gasteiger partial charge is 0.444 e. The number of hydrogen-bond acceptors (Lipinski definition) is 5. The van der Waals surface area contributed by atoms with E-state index >= 15 is 0 Å². The van der Waals surface area contributed by atoms with Crippen LogP contribution in [0.25, 0.3) is 0 Å². The van der Waals surface area contributed by atoms with Gasteiger partial charge in [0.25, 0.3) is 0 Å². The van der Waals surface area contributed by atoms with E-state index in [2.05, 4.69) is 15.2 Å². The molecule has 20 heavy (non-hydrogen) atoms. The number of oxazole rings is 1. The van der Waals surface area contributed by atoms with Crippen molar-refractivity contribution < 1.29 is 13.9 Å². The van der Waals surface area contributed by atoms with Gasteiger partial charge < -0.3 is 14.5 Å². The quantitative estimate of drug-likeness (QED) is 0.872. The number of aryl methyl sites for hydroxylation is 2. The van der Waals surface area contributed by atoms with Crippen molar-refractivity contribution in [1.29, 1.82) is 0 Å². The highest BCUT2D eigenvalue weighted by Gasteiger charge is 2.47. The monoisotopic (exact) mass is 281 g/mol. The fraction of sp³-hybridized carbons (Fsp3) is 0.714. The first-order chi connectivity index (χ1) is 9.53. The Labute approximate surface area is 119 Å². The van der Waals surface area contributed by atoms with Crippen LogP contribution in [-0.2, 0) is 16.1 Å². The Morgan fingerprint density at radius 2 is 2.30 bits per heavy atom. The third-order valence-electron chi connectivity index (χ3n) is 4.06. The molecule has 1 aromatic heterocycles. The third-order valence-corrected chi connectivity index (χ3v) is 4.06. The minimum atomic E-state index is -0.611. The number of nitrogens with one attached hydrogen (secondary N) is 1. The van der Waals surface area contributed by atoms with Crippen LogP contribution >= 0.6 is 0 Å². The van der Waals surface area contributed by atoms with Crippen LogP contribution in [0.15, 0.2) is 4.42 Å². The fourth-order valence-electron chi connectivity index (χ4n) is 2.89. The van der Waals surface area contributed by atoms with E-state index in [9.17, 15) is 4.79 Å². The molecule has 2 heterocycles. The van der Waals surface area contributed by atoms with Crippen molar-refractivity contribution in [2.45, 2.75) is 38.8 Å². The Kier molecular flexibility index (Phi) is 4.45. The minimum Gasteiger partial charge on any atom is -0.444 e. The van der Waals surface area contributed by atoms with Crippen molar-refractivity contribution in [3.8, 4) is 0 Å². The number of carbonyl (C=O) groups excluding carboxylic acids is 1. The lowest BCUT2D eigenvalue weighted by Gasteiger charge is -2.35. The molecule has 1 fully saturated rings. The maximum atomic E-state index is 12.3. The number of methoxy groups -OCH3 is 1. The molecule has 6 nitrogen and oxygen atoms in total. The number of likely N-dealkylation sites (tertiary alicyclic amines) is 1. The number of likely N-dealkylation sites (N-methyl/N-ethyl adjacent to an activating group) is 1. The number of ether oxygens (including phenoxy) is 1. The summed E-state index contributed by atoms with van der Waals surface area (Å²) in [4.78, 5) is 18.8. The normalized spacial score (nSPS) is 23.2. The van der Waals surface area contributed by atoms with Gasteiger partial charge in [-0.3, -0.25) is 9.69 Å². The molecule has 1 N–H and O–H groups in total. The van der Waals surface area contributed by atoms with Crippen molar-refractivity contribution in [3.63, 3.8) is 0 Å². The summed E-state index contributed by atoms with van der Waals surface area (Å²) in [6.07, 6.45) is 1.76. The molecule has 1 atom stereocenters. The Bertz CT molecular complexity index is 467. The van der Waals surface area contributed by atoms with Crippen molar-refractivity contribution in [2.24, 2.45) is 0 Å². The van der Waals surface area contributed by atoms with E-state index in [4.69, 9.17) is 9.15 Å². The average Bonchev–Trinajstić information content (AvgIpc) is 2.95. The second-order valence-corrected chi connectivity index (χ2v) is 5.32. The van der Waals surface area contributed by atoms with E-state index in [0.717, 1.165) is 30.8 Å². The molecule has 0 spiro atoms. The number of carbonyl (C=O) groups is 1. The smallest absolute Gasteiger partial charge is 0.242 e. The standard InChI is InChI=1S/C14H23N3O3/c1-10-11(2)20-12(16-10)8-17-7-5-6-14(17,9-19-4)13(18)15-3/h5-9H2,1-4H3,(H,15,18). The second-order valence-electron chi connectivity index (χ2n) is 5.32. The third kappa shape index (κ3) is 2.58. The predicted octanol–water partition coefficient (Wildman–Crippen LogP) is 1.02. The van der Waals surface area contributed by atoms with Gasteiger partial charge in [-0.15, -0.1) is 0 Å². The van der Waals surface area contributed by atoms with E-state index in [1.807, 2.05) is 13.8 Å². The topological polar surface area (TPSA) is 67.6 Å². The lowest BCUT2D eigenvalue weighted by atomic mass is 9.96. The summed E-state index contributed by atoms with van der Waals surface area (Å²) in [6.45, 7) is 5.58. The lowest BCUT2D eigenvalue weighted by Crippen LogP contribution is -2.57. The first kappa shape index (κ1) is 15.0. The Morgan fingerprint density at radius 1 is 1.55 bits per heavy atom. The maximum Gasteiger partial charge on any atom is 0.242 e. The van der Waals surface area contributed by atoms with E-state index in [1.54, 1.807) is 14.2 Å².